The van der Waals surface area contributed by atoms with E-state index in [0.717, 1.165) is 48.3 Å². The van der Waals surface area contributed by atoms with Gasteiger partial charge in [0.25, 0.3) is 5.78 Å². The molecule has 1 aliphatic carbocycles. The first-order valence-corrected chi connectivity index (χ1v) is 11.2. The summed E-state index contributed by atoms with van der Waals surface area (Å²) in [6.07, 6.45) is 5.34. The molecule has 162 valence electrons. The van der Waals surface area contributed by atoms with Gasteiger partial charge in [0.05, 0.1) is 18.9 Å². The van der Waals surface area contributed by atoms with Crippen LogP contribution in [0.15, 0.2) is 60.8 Å². The Kier molecular flexibility index (Phi) is 4.66. The molecule has 4 aromatic rings. The van der Waals surface area contributed by atoms with Crippen LogP contribution in [0.25, 0.3) is 28.2 Å². The molecule has 0 radical (unpaired) electrons. The fourth-order valence-electron chi connectivity index (χ4n) is 4.56. The van der Waals surface area contributed by atoms with Crippen molar-refractivity contribution in [3.8, 4) is 22.4 Å². The number of aromatic nitrogens is 4. The number of benzene rings is 2. The average molecular weight is 427 g/mol. The average Bonchev–Trinajstić information content (AvgIpc) is 3.26. The van der Waals surface area contributed by atoms with Crippen LogP contribution in [0.3, 0.4) is 0 Å². The summed E-state index contributed by atoms with van der Waals surface area (Å²) in [6.45, 7) is 2.96. The Morgan fingerprint density at radius 1 is 0.875 bits per heavy atom. The number of hydrogen-bond acceptors (Lipinski definition) is 6. The van der Waals surface area contributed by atoms with Gasteiger partial charge in [-0.15, -0.1) is 5.10 Å². The Labute approximate surface area is 186 Å². The van der Waals surface area contributed by atoms with Crippen LogP contribution in [-0.2, 0) is 10.3 Å². The van der Waals surface area contributed by atoms with Crippen molar-refractivity contribution in [2.75, 3.05) is 31.2 Å². The molecule has 1 aliphatic heterocycles. The summed E-state index contributed by atoms with van der Waals surface area (Å²) in [6, 6.07) is 18.9. The number of morpholine rings is 1. The Balaban J connectivity index is 1.46. The van der Waals surface area contributed by atoms with E-state index in [9.17, 15) is 0 Å². The molecule has 2 aromatic carbocycles. The third kappa shape index (κ3) is 3.34. The largest absolute Gasteiger partial charge is 0.378 e. The van der Waals surface area contributed by atoms with Crippen molar-refractivity contribution in [1.29, 1.82) is 0 Å². The fourth-order valence-corrected chi connectivity index (χ4v) is 4.56. The summed E-state index contributed by atoms with van der Waals surface area (Å²) in [5.74, 6) is 1.29. The minimum Gasteiger partial charge on any atom is -0.378 e. The minimum absolute atomic E-state index is 0.168. The molecule has 0 unspecified atom stereocenters. The minimum atomic E-state index is -0.168. The second kappa shape index (κ2) is 7.69. The second-order valence-electron chi connectivity index (χ2n) is 8.71. The maximum atomic E-state index is 6.53. The van der Waals surface area contributed by atoms with Gasteiger partial charge >= 0.3 is 0 Å². The fraction of sp³-hybridized carbons (Fsp3) is 0.320. The molecule has 0 spiro atoms. The quantitative estimate of drug-likeness (QED) is 0.537. The highest BCUT2D eigenvalue weighted by molar-refractivity contribution is 5.81. The first-order valence-electron chi connectivity index (χ1n) is 11.2. The molecule has 0 bridgehead atoms. The van der Waals surface area contributed by atoms with Gasteiger partial charge in [-0.2, -0.15) is 4.98 Å². The molecular weight excluding hydrogens is 400 g/mol. The van der Waals surface area contributed by atoms with Crippen molar-refractivity contribution in [2.24, 2.45) is 5.73 Å². The van der Waals surface area contributed by atoms with E-state index in [2.05, 4.69) is 41.3 Å². The van der Waals surface area contributed by atoms with Gasteiger partial charge in [0, 0.05) is 36.0 Å². The molecule has 2 aliphatic rings. The lowest BCUT2D eigenvalue weighted by molar-refractivity contribution is 0.122. The van der Waals surface area contributed by atoms with Crippen molar-refractivity contribution in [3.05, 3.63) is 66.4 Å². The molecule has 32 heavy (non-hydrogen) atoms. The topological polar surface area (TPSA) is 81.6 Å². The second-order valence-corrected chi connectivity index (χ2v) is 8.71. The zero-order valence-corrected chi connectivity index (χ0v) is 17.9. The number of hydrogen-bond donors (Lipinski definition) is 1. The normalized spacial score (nSPS) is 18.0. The van der Waals surface area contributed by atoms with E-state index in [1.54, 1.807) is 4.52 Å². The highest BCUT2D eigenvalue weighted by Gasteiger charge is 2.34. The number of nitrogens with zero attached hydrogens (tertiary/aromatic N) is 5. The van der Waals surface area contributed by atoms with Crippen LogP contribution in [0.2, 0.25) is 0 Å². The van der Waals surface area contributed by atoms with Crippen molar-refractivity contribution >= 4 is 11.7 Å². The SMILES string of the molecule is NC1(c2ccc(-c3nc4nc(N5CCOCC5)nn4cc3-c3ccccc3)cc2)CCC1. The van der Waals surface area contributed by atoms with Gasteiger partial charge in [0.1, 0.15) is 0 Å². The smallest absolute Gasteiger partial charge is 0.254 e. The van der Waals surface area contributed by atoms with Crippen molar-refractivity contribution in [1.82, 2.24) is 19.6 Å². The molecule has 7 heteroatoms. The summed E-state index contributed by atoms with van der Waals surface area (Å²) in [5, 5.41) is 4.72. The molecular formula is C25H26N6O. The van der Waals surface area contributed by atoms with Crippen molar-refractivity contribution in [3.63, 3.8) is 0 Å². The molecule has 2 N–H and O–H groups in total. The molecule has 2 fully saturated rings. The highest BCUT2D eigenvalue weighted by atomic mass is 16.5. The molecule has 0 atom stereocenters. The summed E-state index contributed by atoms with van der Waals surface area (Å²) in [5.41, 5.74) is 11.6. The predicted molar refractivity (Wildman–Crippen MR) is 124 cm³/mol. The van der Waals surface area contributed by atoms with E-state index in [-0.39, 0.29) is 5.54 Å². The number of rotatable bonds is 4. The van der Waals surface area contributed by atoms with Gasteiger partial charge < -0.3 is 15.4 Å². The van der Waals surface area contributed by atoms with E-state index in [0.29, 0.717) is 24.9 Å². The lowest BCUT2D eigenvalue weighted by Crippen LogP contribution is -2.43. The van der Waals surface area contributed by atoms with Crippen LogP contribution in [0.5, 0.6) is 0 Å². The summed E-state index contributed by atoms with van der Waals surface area (Å²) in [7, 11) is 0. The van der Waals surface area contributed by atoms with Gasteiger partial charge in [-0.3, -0.25) is 0 Å². The van der Waals surface area contributed by atoms with E-state index in [1.165, 1.54) is 12.0 Å². The maximum Gasteiger partial charge on any atom is 0.254 e. The summed E-state index contributed by atoms with van der Waals surface area (Å²) >= 11 is 0. The van der Waals surface area contributed by atoms with Crippen LogP contribution >= 0.6 is 0 Å². The first-order chi connectivity index (χ1) is 15.7. The van der Waals surface area contributed by atoms with Gasteiger partial charge in [-0.1, -0.05) is 54.6 Å². The Morgan fingerprint density at radius 2 is 1.62 bits per heavy atom. The van der Waals surface area contributed by atoms with Crippen LogP contribution in [0.1, 0.15) is 24.8 Å². The zero-order valence-electron chi connectivity index (χ0n) is 17.9. The number of ether oxygens (including phenoxy) is 1. The number of anilines is 1. The third-order valence-electron chi connectivity index (χ3n) is 6.68. The lowest BCUT2D eigenvalue weighted by Gasteiger charge is -2.38. The maximum absolute atomic E-state index is 6.53. The van der Waals surface area contributed by atoms with Gasteiger partial charge in [-0.25, -0.2) is 9.50 Å². The molecule has 2 aromatic heterocycles. The van der Waals surface area contributed by atoms with Gasteiger partial charge in [-0.05, 0) is 30.4 Å². The molecule has 7 nitrogen and oxygen atoms in total. The van der Waals surface area contributed by atoms with Gasteiger partial charge in [0.15, 0.2) is 0 Å². The molecule has 1 saturated heterocycles. The predicted octanol–water partition coefficient (Wildman–Crippen LogP) is 3.63. The molecule has 3 heterocycles. The number of fused-ring (bicyclic) bond motifs is 1. The van der Waals surface area contributed by atoms with E-state index < -0.39 is 0 Å². The van der Waals surface area contributed by atoms with E-state index in [4.69, 9.17) is 25.5 Å². The first kappa shape index (κ1) is 19.4. The Morgan fingerprint density at radius 3 is 2.31 bits per heavy atom. The van der Waals surface area contributed by atoms with Crippen LogP contribution in [-0.4, -0.2) is 45.9 Å². The van der Waals surface area contributed by atoms with Crippen LogP contribution < -0.4 is 10.6 Å². The molecule has 1 saturated carbocycles. The molecule has 6 rings (SSSR count). The summed E-state index contributed by atoms with van der Waals surface area (Å²) in [4.78, 5) is 11.8. The van der Waals surface area contributed by atoms with Crippen molar-refractivity contribution in [2.45, 2.75) is 24.8 Å². The standard InChI is InChI=1S/C25H26N6O/c26-25(11-4-12-25)20-9-7-19(8-10-20)22-21(18-5-2-1-3-6-18)17-31-23(27-22)28-24(29-31)30-13-15-32-16-14-30/h1-3,5-10,17H,4,11-16,26H2. The van der Waals surface area contributed by atoms with Gasteiger partial charge in [0.2, 0.25) is 5.95 Å². The number of nitrogens with two attached hydrogens (primary N) is 1. The van der Waals surface area contributed by atoms with E-state index in [1.807, 2.05) is 24.4 Å². The third-order valence-corrected chi connectivity index (χ3v) is 6.68. The summed E-state index contributed by atoms with van der Waals surface area (Å²) < 4.78 is 7.25. The van der Waals surface area contributed by atoms with Crippen molar-refractivity contribution < 1.29 is 4.74 Å². The monoisotopic (exact) mass is 426 g/mol. The molecule has 0 amide bonds. The lowest BCUT2D eigenvalue weighted by atomic mass is 9.72. The highest BCUT2D eigenvalue weighted by Crippen LogP contribution is 2.39. The van der Waals surface area contributed by atoms with Crippen LogP contribution in [0.4, 0.5) is 5.95 Å². The van der Waals surface area contributed by atoms with E-state index >= 15 is 0 Å². The Hall–Kier alpha value is -3.29. The van der Waals surface area contributed by atoms with Crippen LogP contribution in [0, 0.1) is 0 Å². The zero-order chi connectivity index (χ0) is 21.5. The Bertz CT molecular complexity index is 1240.